The molecule has 0 aliphatic carbocycles. The van der Waals surface area contributed by atoms with Crippen LogP contribution in [0.25, 0.3) is 33.5 Å². The quantitative estimate of drug-likeness (QED) is 0.166. The van der Waals surface area contributed by atoms with E-state index in [-0.39, 0.29) is 28.8 Å². The van der Waals surface area contributed by atoms with E-state index in [1.165, 1.54) is 6.07 Å². The van der Waals surface area contributed by atoms with Gasteiger partial charge in [0.05, 0.1) is 17.1 Å². The van der Waals surface area contributed by atoms with Gasteiger partial charge >= 0.3 is 5.97 Å². The summed E-state index contributed by atoms with van der Waals surface area (Å²) < 4.78 is 0. The van der Waals surface area contributed by atoms with Crippen LogP contribution in [-0.4, -0.2) is 32.1 Å². The van der Waals surface area contributed by atoms with Gasteiger partial charge in [0.25, 0.3) is 5.91 Å². The van der Waals surface area contributed by atoms with Crippen molar-refractivity contribution in [1.82, 2.24) is 15.3 Å². The summed E-state index contributed by atoms with van der Waals surface area (Å²) in [5, 5.41) is 23.8. The molecule has 196 valence electrons. The Balaban J connectivity index is 1.55. The number of nitrogens with one attached hydrogen (secondary N) is 2. The highest BCUT2D eigenvalue weighted by molar-refractivity contribution is 6.31. The number of halogens is 1. The fraction of sp³-hybridized carbons (Fsp3) is 0.129. The third-order valence-corrected chi connectivity index (χ3v) is 6.85. The van der Waals surface area contributed by atoms with Gasteiger partial charge in [0.1, 0.15) is 17.1 Å². The van der Waals surface area contributed by atoms with Crippen LogP contribution in [-0.2, 0) is 0 Å². The van der Waals surface area contributed by atoms with Crippen LogP contribution in [0.2, 0.25) is 5.02 Å². The highest BCUT2D eigenvalue weighted by atomic mass is 35.5. The van der Waals surface area contributed by atoms with Gasteiger partial charge in [-0.15, -0.1) is 0 Å². The van der Waals surface area contributed by atoms with Crippen LogP contribution in [0.5, 0.6) is 5.75 Å². The standard InChI is InChI=1S/C31H26ClN3O4/c1-2-7-25(18-8-4-3-5-9-18)34-30(37)19-12-14-21(24(16-19)31(38)39)23-17-20(32)13-15-22(23)29-33-26-10-6-11-27(36)28(26)35-29/h3-6,8-17,25,36H,2,7H2,1H3,(H,33,35)(H,34,37)(H,38,39)/t25-/m1/s1. The lowest BCUT2D eigenvalue weighted by Gasteiger charge is -2.19. The normalized spacial score (nSPS) is 11.8. The Bertz CT molecular complexity index is 1680. The topological polar surface area (TPSA) is 115 Å². The SMILES string of the molecule is CCC[C@@H](NC(=O)c1ccc(-c2cc(Cl)ccc2-c2nc3c(O)cccc3[nH]2)c(C(=O)O)c1)c1ccccc1. The van der Waals surface area contributed by atoms with Gasteiger partial charge in [-0.3, -0.25) is 4.79 Å². The first kappa shape index (κ1) is 26.0. The molecular weight excluding hydrogens is 514 g/mol. The van der Waals surface area contributed by atoms with Crippen molar-refractivity contribution in [2.24, 2.45) is 0 Å². The molecule has 0 unspecified atom stereocenters. The van der Waals surface area contributed by atoms with Crippen molar-refractivity contribution in [1.29, 1.82) is 0 Å². The zero-order chi connectivity index (χ0) is 27.5. The molecule has 4 N–H and O–H groups in total. The number of hydrogen-bond acceptors (Lipinski definition) is 4. The molecule has 1 amide bonds. The number of carboxylic acid groups (broad SMARTS) is 1. The molecule has 0 radical (unpaired) electrons. The van der Waals surface area contributed by atoms with Crippen molar-refractivity contribution < 1.29 is 19.8 Å². The molecule has 7 nitrogen and oxygen atoms in total. The monoisotopic (exact) mass is 539 g/mol. The molecule has 8 heteroatoms. The highest BCUT2D eigenvalue weighted by Gasteiger charge is 2.22. The number of carbonyl (C=O) groups excluding carboxylic acids is 1. The van der Waals surface area contributed by atoms with E-state index in [0.717, 1.165) is 18.4 Å². The molecule has 39 heavy (non-hydrogen) atoms. The molecule has 0 aliphatic rings. The van der Waals surface area contributed by atoms with Crippen LogP contribution in [0.1, 0.15) is 52.1 Å². The van der Waals surface area contributed by atoms with Gasteiger partial charge in [-0.1, -0.05) is 67.4 Å². The number of benzene rings is 4. The number of hydrogen-bond donors (Lipinski definition) is 4. The first-order chi connectivity index (χ1) is 18.9. The van der Waals surface area contributed by atoms with Crippen LogP contribution in [0.4, 0.5) is 0 Å². The Morgan fingerprint density at radius 3 is 2.44 bits per heavy atom. The van der Waals surface area contributed by atoms with E-state index < -0.39 is 5.97 Å². The number of nitrogens with zero attached hydrogens (tertiary/aromatic N) is 1. The molecule has 0 saturated heterocycles. The van der Waals surface area contributed by atoms with E-state index in [1.807, 2.05) is 37.3 Å². The van der Waals surface area contributed by atoms with Gasteiger partial charge in [0.2, 0.25) is 0 Å². The number of fused-ring (bicyclic) bond motifs is 1. The number of carboxylic acids is 1. The van der Waals surface area contributed by atoms with Crippen LogP contribution < -0.4 is 5.32 Å². The fourth-order valence-electron chi connectivity index (χ4n) is 4.73. The number of imidazole rings is 1. The average Bonchev–Trinajstić information content (AvgIpc) is 3.38. The number of aromatic amines is 1. The zero-order valence-corrected chi connectivity index (χ0v) is 21.9. The lowest BCUT2D eigenvalue weighted by molar-refractivity contribution is 0.0697. The molecule has 0 fully saturated rings. The summed E-state index contributed by atoms with van der Waals surface area (Å²) in [5.74, 6) is -1.06. The minimum absolute atomic E-state index is 0.0315. The maximum atomic E-state index is 13.2. The number of para-hydroxylation sites is 1. The Morgan fingerprint density at radius 1 is 0.949 bits per heavy atom. The van der Waals surface area contributed by atoms with Crippen LogP contribution in [0.3, 0.4) is 0 Å². The first-order valence-electron chi connectivity index (χ1n) is 12.6. The number of phenols is 1. The number of aromatic hydroxyl groups is 1. The average molecular weight is 540 g/mol. The van der Waals surface area contributed by atoms with Crippen LogP contribution in [0, 0.1) is 0 Å². The van der Waals surface area contributed by atoms with Crippen molar-refractivity contribution in [2.45, 2.75) is 25.8 Å². The molecule has 0 spiro atoms. The van der Waals surface area contributed by atoms with Gasteiger partial charge in [-0.25, -0.2) is 9.78 Å². The van der Waals surface area contributed by atoms with E-state index in [4.69, 9.17) is 11.6 Å². The number of H-pyrrole nitrogens is 1. The summed E-state index contributed by atoms with van der Waals surface area (Å²) in [5.41, 5.74) is 3.73. The molecular formula is C31H26ClN3O4. The smallest absolute Gasteiger partial charge is 0.336 e. The van der Waals surface area contributed by atoms with E-state index in [1.54, 1.807) is 48.5 Å². The summed E-state index contributed by atoms with van der Waals surface area (Å²) >= 11 is 6.33. The lowest BCUT2D eigenvalue weighted by Crippen LogP contribution is -2.28. The summed E-state index contributed by atoms with van der Waals surface area (Å²) in [6, 6.07) is 24.3. The Labute approximate surface area is 230 Å². The van der Waals surface area contributed by atoms with Crippen LogP contribution >= 0.6 is 11.6 Å². The molecule has 0 aliphatic heterocycles. The number of amides is 1. The van der Waals surface area contributed by atoms with Crippen molar-refractivity contribution >= 4 is 34.5 Å². The maximum Gasteiger partial charge on any atom is 0.336 e. The Morgan fingerprint density at radius 2 is 1.72 bits per heavy atom. The minimum Gasteiger partial charge on any atom is -0.506 e. The second-order valence-corrected chi connectivity index (χ2v) is 9.68. The number of aromatic nitrogens is 2. The number of aromatic carboxylic acids is 1. The molecule has 1 aromatic heterocycles. The van der Waals surface area contributed by atoms with Crippen molar-refractivity contribution in [2.75, 3.05) is 0 Å². The third kappa shape index (κ3) is 5.35. The Kier molecular flexibility index (Phi) is 7.34. The van der Waals surface area contributed by atoms with Gasteiger partial charge in [0.15, 0.2) is 0 Å². The van der Waals surface area contributed by atoms with E-state index in [0.29, 0.717) is 38.6 Å². The maximum absolute atomic E-state index is 13.2. The van der Waals surface area contributed by atoms with Gasteiger partial charge in [0, 0.05) is 16.1 Å². The van der Waals surface area contributed by atoms with Gasteiger partial charge in [-0.05, 0) is 65.6 Å². The summed E-state index contributed by atoms with van der Waals surface area (Å²) in [4.78, 5) is 33.4. The summed E-state index contributed by atoms with van der Waals surface area (Å²) in [7, 11) is 0. The number of phenolic OH excluding ortho intramolecular Hbond substituents is 1. The predicted molar refractivity (Wildman–Crippen MR) is 152 cm³/mol. The molecule has 1 atom stereocenters. The molecule has 0 bridgehead atoms. The second-order valence-electron chi connectivity index (χ2n) is 9.24. The fourth-order valence-corrected chi connectivity index (χ4v) is 4.90. The van der Waals surface area contributed by atoms with E-state index in [2.05, 4.69) is 15.3 Å². The number of carbonyl (C=O) groups is 2. The number of rotatable bonds is 8. The highest BCUT2D eigenvalue weighted by Crippen LogP contribution is 2.37. The van der Waals surface area contributed by atoms with E-state index in [9.17, 15) is 19.8 Å². The lowest BCUT2D eigenvalue weighted by atomic mass is 9.93. The van der Waals surface area contributed by atoms with Gasteiger partial charge in [-0.2, -0.15) is 0 Å². The first-order valence-corrected chi connectivity index (χ1v) is 12.9. The van der Waals surface area contributed by atoms with E-state index >= 15 is 0 Å². The second kappa shape index (κ2) is 11.0. The zero-order valence-electron chi connectivity index (χ0n) is 21.1. The molecule has 5 aromatic rings. The Hall–Kier alpha value is -4.62. The summed E-state index contributed by atoms with van der Waals surface area (Å²) in [6.07, 6.45) is 1.62. The largest absolute Gasteiger partial charge is 0.506 e. The summed E-state index contributed by atoms with van der Waals surface area (Å²) in [6.45, 7) is 2.05. The van der Waals surface area contributed by atoms with Crippen molar-refractivity contribution in [3.63, 3.8) is 0 Å². The molecule has 1 heterocycles. The van der Waals surface area contributed by atoms with Crippen molar-refractivity contribution in [3.05, 3.63) is 107 Å². The molecule has 0 saturated carbocycles. The third-order valence-electron chi connectivity index (χ3n) is 6.62. The van der Waals surface area contributed by atoms with Gasteiger partial charge < -0.3 is 20.5 Å². The van der Waals surface area contributed by atoms with Crippen LogP contribution in [0.15, 0.2) is 84.9 Å². The van der Waals surface area contributed by atoms with Crippen molar-refractivity contribution in [3.8, 4) is 28.3 Å². The minimum atomic E-state index is -1.18. The molecule has 4 aromatic carbocycles. The predicted octanol–water partition coefficient (Wildman–Crippen LogP) is 7.23. The molecule has 5 rings (SSSR count).